The first-order valence-electron chi connectivity index (χ1n) is 10.7. The fourth-order valence-electron chi connectivity index (χ4n) is 3.35. The van der Waals surface area contributed by atoms with Crippen LogP contribution in [-0.2, 0) is 16.1 Å². The van der Waals surface area contributed by atoms with Gasteiger partial charge in [-0.3, -0.25) is 14.5 Å². The number of hydrogen-bond donors (Lipinski definition) is 1. The molecule has 3 aromatic rings. The normalized spacial score (nSPS) is 17.2. The van der Waals surface area contributed by atoms with Crippen LogP contribution in [0.1, 0.15) is 12.0 Å². The molecule has 0 unspecified atom stereocenters. The van der Waals surface area contributed by atoms with E-state index >= 15 is 0 Å². The Bertz CT molecular complexity index is 1250. The summed E-state index contributed by atoms with van der Waals surface area (Å²) in [5.41, 5.74) is -2.02. The van der Waals surface area contributed by atoms with Crippen molar-refractivity contribution in [2.75, 3.05) is 5.32 Å². The topological polar surface area (TPSA) is 71.0 Å². The number of hydrogen-bond acceptors (Lipinski definition) is 5. The van der Waals surface area contributed by atoms with Crippen LogP contribution in [0, 0.1) is 0 Å². The summed E-state index contributed by atoms with van der Waals surface area (Å²) in [4.78, 5) is 32.1. The van der Waals surface area contributed by atoms with Crippen LogP contribution in [0.4, 0.5) is 20.2 Å². The van der Waals surface area contributed by atoms with Gasteiger partial charge in [0.25, 0.3) is 0 Å². The number of rotatable bonds is 7. The number of amides is 2. The Hall–Kier alpha value is -3.14. The van der Waals surface area contributed by atoms with Gasteiger partial charge in [-0.15, -0.1) is 8.78 Å². The number of carbonyl (C=O) groups excluding carboxylic acids is 2. The van der Waals surface area contributed by atoms with E-state index in [0.717, 1.165) is 17.3 Å². The lowest BCUT2D eigenvalue weighted by Crippen LogP contribution is -2.44. The molecule has 2 amide bonds. The van der Waals surface area contributed by atoms with Crippen LogP contribution in [0.3, 0.4) is 0 Å². The van der Waals surface area contributed by atoms with Crippen LogP contribution in [-0.4, -0.2) is 32.7 Å². The molecule has 1 atom stereocenters. The Kier molecular flexibility index (Phi) is 8.13. The van der Waals surface area contributed by atoms with Crippen molar-refractivity contribution < 1.29 is 23.1 Å². The molecule has 36 heavy (non-hydrogen) atoms. The van der Waals surface area contributed by atoms with E-state index in [4.69, 9.17) is 23.2 Å². The zero-order chi connectivity index (χ0) is 25.7. The molecule has 0 saturated carbocycles. The van der Waals surface area contributed by atoms with Gasteiger partial charge in [0.1, 0.15) is 11.0 Å². The van der Waals surface area contributed by atoms with Crippen molar-refractivity contribution in [2.45, 2.75) is 23.8 Å². The molecule has 6 nitrogen and oxygen atoms in total. The minimum atomic E-state index is -3.84. The van der Waals surface area contributed by atoms with Crippen LogP contribution in [0.2, 0.25) is 5.02 Å². The molecule has 1 heterocycles. The Morgan fingerprint density at radius 1 is 1.08 bits per heavy atom. The van der Waals surface area contributed by atoms with Gasteiger partial charge in [0, 0.05) is 28.7 Å². The molecule has 0 spiro atoms. The number of amidine groups is 1. The Balaban J connectivity index is 1.58. The van der Waals surface area contributed by atoms with E-state index in [0.29, 0.717) is 21.6 Å². The number of carbonyl (C=O) groups is 2. The molecular formula is C25H19Cl2F2N3O3S. The van der Waals surface area contributed by atoms with Crippen molar-refractivity contribution >= 4 is 63.3 Å². The quantitative estimate of drug-likeness (QED) is 0.334. The first-order chi connectivity index (χ1) is 17.2. The third-order valence-electron chi connectivity index (χ3n) is 5.02. The Morgan fingerprint density at radius 2 is 1.75 bits per heavy atom. The summed E-state index contributed by atoms with van der Waals surface area (Å²) in [5, 5.41) is 2.91. The lowest BCUT2D eigenvalue weighted by atomic mass is 10.2. The van der Waals surface area contributed by atoms with E-state index in [-0.39, 0.29) is 30.5 Å². The molecule has 1 aliphatic rings. The molecule has 0 radical (unpaired) electrons. The minimum Gasteiger partial charge on any atom is -0.420 e. The van der Waals surface area contributed by atoms with E-state index in [1.54, 1.807) is 24.3 Å². The number of anilines is 1. The van der Waals surface area contributed by atoms with Crippen molar-refractivity contribution in [2.24, 2.45) is 4.99 Å². The lowest BCUT2D eigenvalue weighted by molar-refractivity contribution is -0.129. The number of aliphatic imine (C=N–C) groups is 1. The molecule has 4 rings (SSSR count). The van der Waals surface area contributed by atoms with Gasteiger partial charge in [-0.1, -0.05) is 53.7 Å². The number of nitrogens with one attached hydrogen (secondary N) is 1. The second kappa shape index (κ2) is 11.3. The molecule has 3 aromatic carbocycles. The van der Waals surface area contributed by atoms with E-state index in [1.165, 1.54) is 29.2 Å². The molecule has 0 bridgehead atoms. The Labute approximate surface area is 220 Å². The van der Waals surface area contributed by atoms with E-state index in [1.807, 2.05) is 30.3 Å². The van der Waals surface area contributed by atoms with Crippen molar-refractivity contribution in [3.05, 3.63) is 89.4 Å². The minimum absolute atomic E-state index is 0.0203. The van der Waals surface area contributed by atoms with Crippen molar-refractivity contribution in [1.29, 1.82) is 0 Å². The molecule has 0 aliphatic carbocycles. The second-order valence-electron chi connectivity index (χ2n) is 7.71. The highest BCUT2D eigenvalue weighted by Gasteiger charge is 2.36. The molecule has 1 N–H and O–H groups in total. The lowest BCUT2D eigenvalue weighted by Gasteiger charge is -2.32. The summed E-state index contributed by atoms with van der Waals surface area (Å²) in [6.45, 7) is 0.261. The second-order valence-corrected chi connectivity index (χ2v) is 9.75. The SMILES string of the molecule is O=C(Nc1ccc(Cl)cc1)[C@H]1CC(=O)N(Cc2ccccc2)C(=Nc2ccc(OC(F)(F)Cl)cc2)S1. The average Bonchev–Trinajstić information content (AvgIpc) is 2.83. The van der Waals surface area contributed by atoms with Crippen LogP contribution in [0.15, 0.2) is 83.9 Å². The van der Waals surface area contributed by atoms with Crippen molar-refractivity contribution in [1.82, 2.24) is 4.90 Å². The third-order valence-corrected chi connectivity index (χ3v) is 6.54. The van der Waals surface area contributed by atoms with E-state index in [2.05, 4.69) is 15.0 Å². The van der Waals surface area contributed by atoms with E-state index in [9.17, 15) is 18.4 Å². The number of ether oxygens (including phenoxy) is 1. The standard InChI is InChI=1S/C25H19Cl2F2N3O3S/c26-17-6-8-18(9-7-17)30-23(34)21-14-22(33)32(15-16-4-2-1-3-5-16)24(36-21)31-19-10-12-20(13-11-19)35-25(27,28)29/h1-13,21H,14-15H2,(H,30,34)/t21-/m1/s1. The van der Waals surface area contributed by atoms with E-state index < -0.39 is 10.8 Å². The molecule has 1 saturated heterocycles. The van der Waals surface area contributed by atoms with Gasteiger partial charge in [0.05, 0.1) is 12.2 Å². The highest BCUT2D eigenvalue weighted by Crippen LogP contribution is 2.32. The maximum Gasteiger partial charge on any atom is 0.487 e. The van der Waals surface area contributed by atoms with Gasteiger partial charge >= 0.3 is 5.57 Å². The molecule has 11 heteroatoms. The van der Waals surface area contributed by atoms with Crippen LogP contribution in [0.25, 0.3) is 0 Å². The smallest absolute Gasteiger partial charge is 0.420 e. The van der Waals surface area contributed by atoms with Gasteiger partial charge in [-0.2, -0.15) is 0 Å². The number of alkyl halides is 3. The highest BCUT2D eigenvalue weighted by atomic mass is 35.5. The van der Waals surface area contributed by atoms with Crippen molar-refractivity contribution in [3.8, 4) is 5.75 Å². The third kappa shape index (κ3) is 7.19. The number of thioether (sulfide) groups is 1. The summed E-state index contributed by atoms with van der Waals surface area (Å²) < 4.78 is 30.1. The van der Waals surface area contributed by atoms with Crippen molar-refractivity contribution in [3.63, 3.8) is 0 Å². The zero-order valence-corrected chi connectivity index (χ0v) is 20.9. The maximum atomic E-state index is 13.1. The largest absolute Gasteiger partial charge is 0.487 e. The molecular weight excluding hydrogens is 531 g/mol. The summed E-state index contributed by atoms with van der Waals surface area (Å²) in [6.07, 6.45) is -0.0203. The average molecular weight is 550 g/mol. The van der Waals surface area contributed by atoms with Gasteiger partial charge in [0.15, 0.2) is 5.17 Å². The summed E-state index contributed by atoms with van der Waals surface area (Å²) in [6, 6.07) is 21.5. The molecule has 1 aliphatic heterocycles. The summed E-state index contributed by atoms with van der Waals surface area (Å²) in [5.74, 6) is -0.766. The number of benzene rings is 3. The predicted octanol–water partition coefficient (Wildman–Crippen LogP) is 6.67. The summed E-state index contributed by atoms with van der Waals surface area (Å²) in [7, 11) is 0. The molecule has 186 valence electrons. The highest BCUT2D eigenvalue weighted by molar-refractivity contribution is 8.15. The van der Waals surface area contributed by atoms with Crippen LogP contribution >= 0.6 is 35.0 Å². The predicted molar refractivity (Wildman–Crippen MR) is 138 cm³/mol. The van der Waals surface area contributed by atoms with Gasteiger partial charge in [-0.05, 0) is 54.1 Å². The zero-order valence-electron chi connectivity index (χ0n) is 18.5. The Morgan fingerprint density at radius 3 is 2.39 bits per heavy atom. The summed E-state index contributed by atoms with van der Waals surface area (Å²) >= 11 is 11.9. The molecule has 1 fully saturated rings. The maximum absolute atomic E-state index is 13.1. The monoisotopic (exact) mass is 549 g/mol. The van der Waals surface area contributed by atoms with Crippen LogP contribution < -0.4 is 10.1 Å². The van der Waals surface area contributed by atoms with Gasteiger partial charge in [0.2, 0.25) is 11.8 Å². The fraction of sp³-hybridized carbons (Fsp3) is 0.160. The first kappa shape index (κ1) is 25.9. The van der Waals surface area contributed by atoms with Gasteiger partial charge < -0.3 is 10.1 Å². The number of halogens is 4. The fourth-order valence-corrected chi connectivity index (χ4v) is 4.66. The first-order valence-corrected chi connectivity index (χ1v) is 12.3. The number of nitrogens with zero attached hydrogens (tertiary/aromatic N) is 2. The van der Waals surface area contributed by atoms with Crippen LogP contribution in [0.5, 0.6) is 5.75 Å². The van der Waals surface area contributed by atoms with Gasteiger partial charge in [-0.25, -0.2) is 4.99 Å². The molecule has 0 aromatic heterocycles.